The van der Waals surface area contributed by atoms with E-state index in [0.717, 1.165) is 55.8 Å². The first-order valence-electron chi connectivity index (χ1n) is 12.4. The number of benzene rings is 2. The molecule has 1 amide bonds. The fourth-order valence-electron chi connectivity index (χ4n) is 4.73. The number of carbonyl (C=O) groups excluding carboxylic acids is 1. The molecule has 1 atom stereocenters. The summed E-state index contributed by atoms with van der Waals surface area (Å²) >= 11 is 6.29. The molecule has 190 valence electrons. The molecule has 2 fully saturated rings. The molecule has 2 aliphatic rings. The summed E-state index contributed by atoms with van der Waals surface area (Å²) in [4.78, 5) is 15.3. The van der Waals surface area contributed by atoms with Gasteiger partial charge in [0.05, 0.1) is 17.4 Å². The van der Waals surface area contributed by atoms with Crippen molar-refractivity contribution in [3.05, 3.63) is 59.1 Å². The zero-order valence-electron chi connectivity index (χ0n) is 20.0. The lowest BCUT2D eigenvalue weighted by molar-refractivity contribution is -0.126. The lowest BCUT2D eigenvalue weighted by atomic mass is 9.96. The molecule has 0 saturated carbocycles. The summed E-state index contributed by atoms with van der Waals surface area (Å²) in [7, 11) is -3.45. The smallest absolute Gasteiger partial charge is 0.243 e. The molecule has 2 heterocycles. The Morgan fingerprint density at radius 3 is 2.49 bits per heavy atom. The maximum atomic E-state index is 12.8. The van der Waals surface area contributed by atoms with Crippen LogP contribution in [0.4, 0.5) is 0 Å². The third-order valence-corrected chi connectivity index (χ3v) is 8.96. The van der Waals surface area contributed by atoms with Crippen LogP contribution in [0.15, 0.2) is 53.4 Å². The minimum atomic E-state index is -3.45. The van der Waals surface area contributed by atoms with Gasteiger partial charge >= 0.3 is 0 Å². The number of carbonyl (C=O) groups is 1. The van der Waals surface area contributed by atoms with Crippen LogP contribution in [0.25, 0.3) is 0 Å². The molecule has 0 bridgehead atoms. The van der Waals surface area contributed by atoms with Crippen LogP contribution in [0, 0.1) is 5.92 Å². The van der Waals surface area contributed by atoms with Crippen molar-refractivity contribution < 1.29 is 17.9 Å². The Hall–Kier alpha value is -2.13. The van der Waals surface area contributed by atoms with Gasteiger partial charge in [0, 0.05) is 31.2 Å². The lowest BCUT2D eigenvalue weighted by Crippen LogP contribution is -2.43. The quantitative estimate of drug-likeness (QED) is 0.508. The van der Waals surface area contributed by atoms with E-state index in [1.165, 1.54) is 0 Å². The maximum absolute atomic E-state index is 12.8. The third kappa shape index (κ3) is 6.97. The van der Waals surface area contributed by atoms with Crippen molar-refractivity contribution in [2.75, 3.05) is 39.3 Å². The molecule has 2 aliphatic heterocycles. The van der Waals surface area contributed by atoms with Gasteiger partial charge in [-0.1, -0.05) is 36.2 Å². The largest absolute Gasteiger partial charge is 0.492 e. The second kappa shape index (κ2) is 12.2. The Labute approximate surface area is 213 Å². The Morgan fingerprint density at radius 1 is 1.00 bits per heavy atom. The van der Waals surface area contributed by atoms with Gasteiger partial charge in [0.2, 0.25) is 15.9 Å². The fraction of sp³-hybridized carbons (Fsp3) is 0.500. The van der Waals surface area contributed by atoms with E-state index >= 15 is 0 Å². The highest BCUT2D eigenvalue weighted by Gasteiger charge is 2.27. The van der Waals surface area contributed by atoms with Gasteiger partial charge in [-0.2, -0.15) is 4.31 Å². The second-order valence-corrected chi connectivity index (χ2v) is 11.6. The normalized spacial score (nSPS) is 19.9. The zero-order chi connectivity index (χ0) is 24.7. The molecule has 2 aromatic rings. The van der Waals surface area contributed by atoms with Gasteiger partial charge in [0.25, 0.3) is 0 Å². The first kappa shape index (κ1) is 25.9. The molecule has 0 aromatic heterocycles. The summed E-state index contributed by atoms with van der Waals surface area (Å²) in [6.07, 6.45) is 4.75. The van der Waals surface area contributed by atoms with Crippen LogP contribution in [0.2, 0.25) is 5.02 Å². The highest BCUT2D eigenvalue weighted by molar-refractivity contribution is 7.89. The van der Waals surface area contributed by atoms with E-state index in [0.29, 0.717) is 43.4 Å². The number of hydrogen-bond acceptors (Lipinski definition) is 5. The van der Waals surface area contributed by atoms with Crippen molar-refractivity contribution in [2.45, 2.75) is 43.5 Å². The Bertz CT molecular complexity index is 1090. The van der Waals surface area contributed by atoms with E-state index in [9.17, 15) is 13.2 Å². The summed E-state index contributed by atoms with van der Waals surface area (Å²) in [5.41, 5.74) is 1.08. The van der Waals surface area contributed by atoms with Crippen LogP contribution in [-0.4, -0.2) is 62.9 Å². The van der Waals surface area contributed by atoms with Gasteiger partial charge in [0.15, 0.2) is 0 Å². The average Bonchev–Trinajstić information content (AvgIpc) is 2.89. The minimum absolute atomic E-state index is 0.0421. The summed E-state index contributed by atoms with van der Waals surface area (Å²) < 4.78 is 32.8. The van der Waals surface area contributed by atoms with Crippen molar-refractivity contribution in [1.82, 2.24) is 14.5 Å². The second-order valence-electron chi connectivity index (χ2n) is 9.24. The number of halogens is 1. The highest BCUT2D eigenvalue weighted by Crippen LogP contribution is 2.24. The molecular weight excluding hydrogens is 486 g/mol. The standard InChI is InChI=1S/C26H34ClN3O4S/c27-25-9-3-2-7-21(25)19-29-15-6-8-22(20-29)26(31)28-14-18-34-23-10-12-24(13-11-23)35(32,33)30-16-4-1-5-17-30/h2-3,7,9-13,22H,1,4-6,8,14-20H2,(H,28,31). The molecule has 1 N–H and O–H groups in total. The number of sulfonamides is 1. The van der Waals surface area contributed by atoms with Gasteiger partial charge in [-0.3, -0.25) is 9.69 Å². The van der Waals surface area contributed by atoms with Crippen LogP contribution in [0.1, 0.15) is 37.7 Å². The van der Waals surface area contributed by atoms with E-state index in [2.05, 4.69) is 10.2 Å². The van der Waals surface area contributed by atoms with Gasteiger partial charge in [-0.25, -0.2) is 8.42 Å². The number of ether oxygens (including phenoxy) is 1. The van der Waals surface area contributed by atoms with Crippen molar-refractivity contribution in [3.63, 3.8) is 0 Å². The van der Waals surface area contributed by atoms with Gasteiger partial charge in [-0.05, 0) is 68.1 Å². The number of nitrogens with zero attached hydrogens (tertiary/aromatic N) is 2. The topological polar surface area (TPSA) is 78.9 Å². The predicted molar refractivity (Wildman–Crippen MR) is 137 cm³/mol. The van der Waals surface area contributed by atoms with Crippen LogP contribution in [0.5, 0.6) is 5.75 Å². The van der Waals surface area contributed by atoms with E-state index in [1.54, 1.807) is 28.6 Å². The van der Waals surface area contributed by atoms with Gasteiger partial charge in [-0.15, -0.1) is 0 Å². The van der Waals surface area contributed by atoms with Crippen molar-refractivity contribution in [1.29, 1.82) is 0 Å². The van der Waals surface area contributed by atoms with Crippen LogP contribution >= 0.6 is 11.6 Å². The molecule has 0 spiro atoms. The SMILES string of the molecule is O=C(NCCOc1ccc(S(=O)(=O)N2CCCCC2)cc1)C1CCCN(Cc2ccccc2Cl)C1. The Kier molecular flexibility index (Phi) is 9.05. The number of likely N-dealkylation sites (tertiary alicyclic amines) is 1. The van der Waals surface area contributed by atoms with Crippen molar-refractivity contribution in [3.8, 4) is 5.75 Å². The summed E-state index contributed by atoms with van der Waals surface area (Å²) in [6, 6.07) is 14.4. The van der Waals surface area contributed by atoms with E-state index < -0.39 is 10.0 Å². The number of piperidine rings is 2. The zero-order valence-corrected chi connectivity index (χ0v) is 21.6. The summed E-state index contributed by atoms with van der Waals surface area (Å²) in [5, 5.41) is 3.74. The minimum Gasteiger partial charge on any atom is -0.492 e. The Morgan fingerprint density at radius 2 is 1.74 bits per heavy atom. The number of hydrogen-bond donors (Lipinski definition) is 1. The van der Waals surface area contributed by atoms with Gasteiger partial charge < -0.3 is 10.1 Å². The van der Waals surface area contributed by atoms with Crippen molar-refractivity contribution in [2.24, 2.45) is 5.92 Å². The highest BCUT2D eigenvalue weighted by atomic mass is 35.5. The summed E-state index contributed by atoms with van der Waals surface area (Å²) in [5.74, 6) is 0.575. The Balaban J connectivity index is 1.20. The monoisotopic (exact) mass is 519 g/mol. The molecule has 2 saturated heterocycles. The average molecular weight is 520 g/mol. The number of nitrogens with one attached hydrogen (secondary N) is 1. The first-order valence-corrected chi connectivity index (χ1v) is 14.2. The first-order chi connectivity index (χ1) is 16.9. The van der Waals surface area contributed by atoms with E-state index in [-0.39, 0.29) is 11.8 Å². The van der Waals surface area contributed by atoms with E-state index in [4.69, 9.17) is 16.3 Å². The summed E-state index contributed by atoms with van der Waals surface area (Å²) in [6.45, 7) is 4.30. The van der Waals surface area contributed by atoms with Crippen LogP contribution in [-0.2, 0) is 21.4 Å². The predicted octanol–water partition coefficient (Wildman–Crippen LogP) is 3.92. The molecule has 1 unspecified atom stereocenters. The molecule has 0 aliphatic carbocycles. The lowest BCUT2D eigenvalue weighted by Gasteiger charge is -2.32. The molecule has 2 aromatic carbocycles. The van der Waals surface area contributed by atoms with Gasteiger partial charge in [0.1, 0.15) is 12.4 Å². The molecule has 9 heteroatoms. The fourth-order valence-corrected chi connectivity index (χ4v) is 6.44. The molecular formula is C26H34ClN3O4S. The van der Waals surface area contributed by atoms with Crippen LogP contribution < -0.4 is 10.1 Å². The number of amides is 1. The molecule has 35 heavy (non-hydrogen) atoms. The number of rotatable bonds is 9. The van der Waals surface area contributed by atoms with Crippen LogP contribution in [0.3, 0.4) is 0 Å². The maximum Gasteiger partial charge on any atom is 0.243 e. The van der Waals surface area contributed by atoms with E-state index in [1.807, 2.05) is 24.3 Å². The third-order valence-electron chi connectivity index (χ3n) is 6.67. The molecule has 7 nitrogen and oxygen atoms in total. The van der Waals surface area contributed by atoms with Crippen molar-refractivity contribution >= 4 is 27.5 Å². The molecule has 0 radical (unpaired) electrons. The molecule has 4 rings (SSSR count).